The summed E-state index contributed by atoms with van der Waals surface area (Å²) < 4.78 is 9.73. The molecule has 13 heavy (non-hydrogen) atoms. The summed E-state index contributed by atoms with van der Waals surface area (Å²) in [5.74, 6) is -1.08. The first-order chi connectivity index (χ1) is 5.94. The third-order valence-electron chi connectivity index (χ3n) is 1.74. The van der Waals surface area contributed by atoms with E-state index in [1.54, 1.807) is 13.8 Å². The highest BCUT2D eigenvalue weighted by Gasteiger charge is 2.42. The number of rotatable bonds is 2. The van der Waals surface area contributed by atoms with E-state index in [4.69, 9.17) is 9.47 Å². The zero-order valence-electron chi connectivity index (χ0n) is 7.70. The van der Waals surface area contributed by atoms with Gasteiger partial charge in [0.15, 0.2) is 0 Å². The van der Waals surface area contributed by atoms with Gasteiger partial charge in [-0.15, -0.1) is 0 Å². The van der Waals surface area contributed by atoms with Crippen molar-refractivity contribution >= 4 is 11.9 Å². The normalized spacial score (nSPS) is 25.1. The van der Waals surface area contributed by atoms with E-state index < -0.39 is 23.6 Å². The van der Waals surface area contributed by atoms with Crippen molar-refractivity contribution in [1.29, 1.82) is 0 Å². The largest absolute Gasteiger partial charge is 0.457 e. The molecule has 1 aliphatic heterocycles. The maximum atomic E-state index is 11.1. The van der Waals surface area contributed by atoms with Gasteiger partial charge in [-0.3, -0.25) is 0 Å². The van der Waals surface area contributed by atoms with Crippen LogP contribution in [0.3, 0.4) is 0 Å². The predicted molar refractivity (Wildman–Crippen MR) is 44.9 cm³/mol. The maximum absolute atomic E-state index is 11.1. The van der Waals surface area contributed by atoms with Crippen LogP contribution >= 0.6 is 0 Å². The molecule has 1 aliphatic rings. The van der Waals surface area contributed by atoms with E-state index >= 15 is 0 Å². The summed E-state index contributed by atoms with van der Waals surface area (Å²) in [5, 5.41) is 0. The van der Waals surface area contributed by atoms with Gasteiger partial charge in [0.1, 0.15) is 5.60 Å². The molecule has 0 aromatic rings. The van der Waals surface area contributed by atoms with E-state index in [1.165, 1.54) is 0 Å². The Morgan fingerprint density at radius 2 is 2.38 bits per heavy atom. The quantitative estimate of drug-likeness (QED) is 0.470. The zero-order valence-corrected chi connectivity index (χ0v) is 7.70. The lowest BCUT2D eigenvalue weighted by Crippen LogP contribution is -2.21. The van der Waals surface area contributed by atoms with Crippen molar-refractivity contribution in [3.8, 4) is 0 Å². The van der Waals surface area contributed by atoms with E-state index in [0.29, 0.717) is 6.42 Å². The fraction of sp³-hybridized carbons (Fsp3) is 0.556. The minimum absolute atomic E-state index is 0.394. The first-order valence-electron chi connectivity index (χ1n) is 4.00. The van der Waals surface area contributed by atoms with Crippen molar-refractivity contribution in [3.05, 3.63) is 12.7 Å². The summed E-state index contributed by atoms with van der Waals surface area (Å²) in [6.07, 6.45) is 0.643. The molecule has 4 heteroatoms. The highest BCUT2D eigenvalue weighted by atomic mass is 16.6. The Labute approximate surface area is 76.5 Å². The summed E-state index contributed by atoms with van der Waals surface area (Å²) in [4.78, 5) is 21.9. The minimum Gasteiger partial charge on any atom is -0.457 e. The van der Waals surface area contributed by atoms with Gasteiger partial charge in [0.05, 0.1) is 0 Å². The molecular weight excluding hydrogens is 172 g/mol. The number of hydrogen-bond acceptors (Lipinski definition) is 4. The summed E-state index contributed by atoms with van der Waals surface area (Å²) >= 11 is 0. The van der Waals surface area contributed by atoms with Crippen LogP contribution in [0.1, 0.15) is 20.3 Å². The van der Waals surface area contributed by atoms with Crippen molar-refractivity contribution in [2.45, 2.75) is 32.0 Å². The highest BCUT2D eigenvalue weighted by molar-refractivity contribution is 5.86. The van der Waals surface area contributed by atoms with Crippen molar-refractivity contribution in [2.24, 2.45) is 0 Å². The predicted octanol–water partition coefficient (Wildman–Crippen LogP) is 0.810. The van der Waals surface area contributed by atoms with Crippen molar-refractivity contribution in [3.63, 3.8) is 0 Å². The second-order valence-electron chi connectivity index (χ2n) is 3.51. The average molecular weight is 184 g/mol. The molecule has 1 saturated heterocycles. The smallest absolute Gasteiger partial charge is 0.348 e. The summed E-state index contributed by atoms with van der Waals surface area (Å²) in [7, 11) is 0. The Kier molecular flexibility index (Phi) is 2.40. The average Bonchev–Trinajstić information content (AvgIpc) is 2.24. The van der Waals surface area contributed by atoms with Gasteiger partial charge in [0.2, 0.25) is 6.10 Å². The minimum atomic E-state index is -0.777. The van der Waals surface area contributed by atoms with Crippen LogP contribution in [0.5, 0.6) is 0 Å². The number of cyclic esters (lactones) is 1. The zero-order chi connectivity index (χ0) is 10.1. The molecule has 1 rings (SSSR count). The lowest BCUT2D eigenvalue weighted by atomic mass is 10.0. The van der Waals surface area contributed by atoms with Crippen molar-refractivity contribution in [1.82, 2.24) is 0 Å². The molecule has 1 unspecified atom stereocenters. The first-order valence-corrected chi connectivity index (χ1v) is 4.00. The van der Waals surface area contributed by atoms with E-state index in [0.717, 1.165) is 6.08 Å². The summed E-state index contributed by atoms with van der Waals surface area (Å²) in [6, 6.07) is 0. The van der Waals surface area contributed by atoms with Gasteiger partial charge in [-0.1, -0.05) is 6.58 Å². The van der Waals surface area contributed by atoms with Gasteiger partial charge >= 0.3 is 11.9 Å². The molecule has 0 amide bonds. The molecule has 1 atom stereocenters. The van der Waals surface area contributed by atoms with Gasteiger partial charge in [-0.2, -0.15) is 0 Å². The fourth-order valence-electron chi connectivity index (χ4n) is 1.19. The molecule has 0 aromatic heterocycles. The SMILES string of the molecule is C=CC(=O)OC1CC(C)(C)OC1=O. The standard InChI is InChI=1S/C9H12O4/c1-4-7(10)12-6-5-9(2,3)13-8(6)11/h4,6H,1,5H2,2-3H3. The second kappa shape index (κ2) is 3.20. The summed E-state index contributed by atoms with van der Waals surface area (Å²) in [5.41, 5.74) is -0.538. The number of esters is 2. The first kappa shape index (κ1) is 9.77. The molecule has 1 fully saturated rings. The van der Waals surface area contributed by atoms with Gasteiger partial charge in [0.25, 0.3) is 0 Å². The number of hydrogen-bond donors (Lipinski definition) is 0. The molecule has 0 saturated carbocycles. The van der Waals surface area contributed by atoms with Gasteiger partial charge < -0.3 is 9.47 Å². The number of carbonyl (C=O) groups is 2. The van der Waals surface area contributed by atoms with Crippen LogP contribution in [-0.4, -0.2) is 23.6 Å². The van der Waals surface area contributed by atoms with E-state index in [2.05, 4.69) is 6.58 Å². The third-order valence-corrected chi connectivity index (χ3v) is 1.74. The third kappa shape index (κ3) is 2.31. The van der Waals surface area contributed by atoms with Crippen LogP contribution in [0, 0.1) is 0 Å². The molecule has 72 valence electrons. The molecule has 4 nitrogen and oxygen atoms in total. The maximum Gasteiger partial charge on any atom is 0.348 e. The van der Waals surface area contributed by atoms with Crippen LogP contribution in [0.4, 0.5) is 0 Å². The van der Waals surface area contributed by atoms with Crippen LogP contribution in [-0.2, 0) is 19.1 Å². The van der Waals surface area contributed by atoms with Crippen LogP contribution in [0.15, 0.2) is 12.7 Å². The Hall–Kier alpha value is -1.32. The molecule has 0 bridgehead atoms. The van der Waals surface area contributed by atoms with Crippen molar-refractivity contribution in [2.75, 3.05) is 0 Å². The highest BCUT2D eigenvalue weighted by Crippen LogP contribution is 2.27. The van der Waals surface area contributed by atoms with Crippen LogP contribution < -0.4 is 0 Å². The molecule has 1 heterocycles. The molecule has 0 radical (unpaired) electrons. The van der Waals surface area contributed by atoms with E-state index in [-0.39, 0.29) is 0 Å². The molecule has 0 spiro atoms. The number of carbonyl (C=O) groups excluding carboxylic acids is 2. The van der Waals surface area contributed by atoms with E-state index in [9.17, 15) is 9.59 Å². The van der Waals surface area contributed by atoms with E-state index in [1.807, 2.05) is 0 Å². The topological polar surface area (TPSA) is 52.6 Å². The van der Waals surface area contributed by atoms with Crippen LogP contribution in [0.2, 0.25) is 0 Å². The molecule has 0 N–H and O–H groups in total. The lowest BCUT2D eigenvalue weighted by molar-refractivity contribution is -0.159. The van der Waals surface area contributed by atoms with Crippen molar-refractivity contribution < 1.29 is 19.1 Å². The second-order valence-corrected chi connectivity index (χ2v) is 3.51. The van der Waals surface area contributed by atoms with Crippen LogP contribution in [0.25, 0.3) is 0 Å². The lowest BCUT2D eigenvalue weighted by Gasteiger charge is -2.13. The van der Waals surface area contributed by atoms with Gasteiger partial charge in [-0.05, 0) is 13.8 Å². The Bertz CT molecular complexity index is 254. The molecule has 0 aromatic carbocycles. The monoisotopic (exact) mass is 184 g/mol. The number of ether oxygens (including phenoxy) is 2. The van der Waals surface area contributed by atoms with Gasteiger partial charge in [-0.25, -0.2) is 9.59 Å². The molecular formula is C9H12O4. The molecule has 0 aliphatic carbocycles. The summed E-state index contributed by atoms with van der Waals surface area (Å²) in [6.45, 7) is 6.78. The Morgan fingerprint density at radius 1 is 1.77 bits per heavy atom. The Morgan fingerprint density at radius 3 is 2.77 bits per heavy atom. The fourth-order valence-corrected chi connectivity index (χ4v) is 1.19. The Balaban J connectivity index is 2.58. The van der Waals surface area contributed by atoms with Gasteiger partial charge in [0, 0.05) is 12.5 Å².